The molecule has 2 rings (SSSR count). The van der Waals surface area contributed by atoms with E-state index in [0.717, 1.165) is 11.4 Å². The van der Waals surface area contributed by atoms with Crippen LogP contribution in [-0.4, -0.2) is 34.0 Å². The topological polar surface area (TPSA) is 66.3 Å². The molecule has 0 aromatic carbocycles. The van der Waals surface area contributed by atoms with Crippen molar-refractivity contribution in [2.75, 3.05) is 6.67 Å². The van der Waals surface area contributed by atoms with Crippen LogP contribution in [0.15, 0.2) is 16.2 Å². The lowest BCUT2D eigenvalue weighted by atomic mass is 9.91. The quantitative estimate of drug-likeness (QED) is 0.768. The molecule has 2 heterocycles. The second kappa shape index (κ2) is 5.42. The maximum atomic E-state index is 4.20. The van der Waals surface area contributed by atoms with Crippen LogP contribution in [0.2, 0.25) is 0 Å². The Hall–Kier alpha value is -1.52. The van der Waals surface area contributed by atoms with E-state index < -0.39 is 0 Å². The summed E-state index contributed by atoms with van der Waals surface area (Å²) in [6.45, 7) is 13.4. The predicted octanol–water partition coefficient (Wildman–Crippen LogP) is 2.62. The molecule has 0 unspecified atom stereocenters. The van der Waals surface area contributed by atoms with Gasteiger partial charge in [-0.15, -0.1) is 0 Å². The number of aromatic amines is 1. The minimum atomic E-state index is 0.118. The van der Waals surface area contributed by atoms with Crippen molar-refractivity contribution < 1.29 is 0 Å². The van der Waals surface area contributed by atoms with E-state index in [2.05, 4.69) is 66.9 Å². The van der Waals surface area contributed by atoms with Crippen molar-refractivity contribution in [1.82, 2.24) is 15.4 Å². The smallest absolute Gasteiger partial charge is 0.129 e. The van der Waals surface area contributed by atoms with E-state index in [1.54, 1.807) is 6.20 Å². The number of H-pyrrole nitrogens is 1. The predicted molar refractivity (Wildman–Crippen MR) is 75.3 cm³/mol. The van der Waals surface area contributed by atoms with E-state index in [-0.39, 0.29) is 10.8 Å². The van der Waals surface area contributed by atoms with Gasteiger partial charge in [0.05, 0.1) is 17.6 Å². The third-order valence-electron chi connectivity index (χ3n) is 2.49. The van der Waals surface area contributed by atoms with Crippen LogP contribution in [0.1, 0.15) is 47.2 Å². The Kier molecular flexibility index (Phi) is 4.38. The summed E-state index contributed by atoms with van der Waals surface area (Å²) in [5.74, 6) is 0. The highest BCUT2D eigenvalue weighted by Crippen LogP contribution is 2.17. The highest BCUT2D eigenvalue weighted by atomic mass is 15.3. The summed E-state index contributed by atoms with van der Waals surface area (Å²) < 4.78 is 0. The molecule has 0 fully saturated rings. The molecule has 0 bridgehead atoms. The fourth-order valence-electron chi connectivity index (χ4n) is 1.28. The van der Waals surface area contributed by atoms with E-state index in [0.29, 0.717) is 6.67 Å². The van der Waals surface area contributed by atoms with E-state index in [1.807, 2.05) is 6.21 Å². The van der Waals surface area contributed by atoms with Crippen LogP contribution in [0, 0.1) is 5.41 Å². The van der Waals surface area contributed by atoms with E-state index in [4.69, 9.17) is 0 Å². The van der Waals surface area contributed by atoms with Gasteiger partial charge in [0.1, 0.15) is 6.67 Å². The van der Waals surface area contributed by atoms with Gasteiger partial charge in [-0.1, -0.05) is 41.5 Å². The van der Waals surface area contributed by atoms with Crippen LogP contribution in [0.3, 0.4) is 0 Å². The molecule has 0 aliphatic carbocycles. The molecule has 1 aromatic rings. The largest absolute Gasteiger partial charge is 0.268 e. The minimum absolute atomic E-state index is 0.118. The minimum Gasteiger partial charge on any atom is -0.268 e. The second-order valence-corrected chi connectivity index (χ2v) is 6.35. The van der Waals surface area contributed by atoms with Crippen molar-refractivity contribution in [2.24, 2.45) is 15.4 Å². The van der Waals surface area contributed by atoms with E-state index >= 15 is 0 Å². The maximum Gasteiger partial charge on any atom is 0.129 e. The van der Waals surface area contributed by atoms with Gasteiger partial charge in [-0.05, 0) is 0 Å². The van der Waals surface area contributed by atoms with Crippen LogP contribution < -0.4 is 0 Å². The molecule has 5 nitrogen and oxygen atoms in total. The molecule has 0 radical (unpaired) electrons. The molecule has 1 aliphatic heterocycles. The molecule has 0 amide bonds. The summed E-state index contributed by atoms with van der Waals surface area (Å²) in [6.07, 6.45) is 3.61. The van der Waals surface area contributed by atoms with E-state index in [9.17, 15) is 0 Å². The van der Waals surface area contributed by atoms with Crippen LogP contribution >= 0.6 is 0 Å². The summed E-state index contributed by atoms with van der Waals surface area (Å²) in [4.78, 5) is 8.20. The van der Waals surface area contributed by atoms with Gasteiger partial charge in [0.2, 0.25) is 0 Å². The van der Waals surface area contributed by atoms with Crippen molar-refractivity contribution in [3.8, 4) is 0 Å². The average molecular weight is 249 g/mol. The van der Waals surface area contributed by atoms with Crippen molar-refractivity contribution >= 4 is 11.9 Å². The van der Waals surface area contributed by atoms with Gasteiger partial charge in [0.15, 0.2) is 0 Å². The molecule has 100 valence electrons. The zero-order valence-electron chi connectivity index (χ0n) is 12.2. The standard InChI is InChI=1S/C7H12N2.C6H11N3/c1-7(2,3)6-4-8-5-9-6;1-6(2,3)5-4-7-9-8-5/h4H,5H2,1-3H3;4H,1-3H3,(H,7,8,9). The van der Waals surface area contributed by atoms with Crippen LogP contribution in [0.4, 0.5) is 0 Å². The number of aliphatic imine (C=N–C) groups is 2. The Bertz CT molecular complexity index is 415. The maximum absolute atomic E-state index is 4.20. The first kappa shape index (κ1) is 14.5. The first-order chi connectivity index (χ1) is 8.21. The number of hydrogen-bond acceptors (Lipinski definition) is 4. The fraction of sp³-hybridized carbons (Fsp3) is 0.692. The Morgan fingerprint density at radius 2 is 1.72 bits per heavy atom. The van der Waals surface area contributed by atoms with Crippen LogP contribution in [0.25, 0.3) is 0 Å². The summed E-state index contributed by atoms with van der Waals surface area (Å²) >= 11 is 0. The lowest BCUT2D eigenvalue weighted by Gasteiger charge is -2.15. The number of rotatable bonds is 0. The fourth-order valence-corrected chi connectivity index (χ4v) is 1.28. The SMILES string of the molecule is CC(C)(C)C1=NCN=C1.CC(C)(C)c1cn[nH]n1. The highest BCUT2D eigenvalue weighted by Gasteiger charge is 2.18. The molecule has 0 atom stereocenters. The van der Waals surface area contributed by atoms with Gasteiger partial charge >= 0.3 is 0 Å². The Balaban J connectivity index is 0.000000180. The monoisotopic (exact) mass is 249 g/mol. The Morgan fingerprint density at radius 3 is 1.94 bits per heavy atom. The van der Waals surface area contributed by atoms with Gasteiger partial charge < -0.3 is 0 Å². The summed E-state index contributed by atoms with van der Waals surface area (Å²) in [7, 11) is 0. The number of nitrogens with one attached hydrogen (secondary N) is 1. The normalized spacial score (nSPS) is 15.1. The number of nitrogens with zero attached hydrogens (tertiary/aromatic N) is 4. The molecule has 1 aromatic heterocycles. The third-order valence-corrected chi connectivity index (χ3v) is 2.49. The van der Waals surface area contributed by atoms with Crippen molar-refractivity contribution in [3.63, 3.8) is 0 Å². The molecule has 1 N–H and O–H groups in total. The highest BCUT2D eigenvalue weighted by molar-refractivity contribution is 6.33. The van der Waals surface area contributed by atoms with Crippen molar-refractivity contribution in [1.29, 1.82) is 0 Å². The van der Waals surface area contributed by atoms with Crippen LogP contribution in [0.5, 0.6) is 0 Å². The first-order valence-corrected chi connectivity index (χ1v) is 6.12. The molecule has 0 saturated carbocycles. The van der Waals surface area contributed by atoms with Crippen LogP contribution in [-0.2, 0) is 5.41 Å². The number of aromatic nitrogens is 3. The summed E-state index contributed by atoms with van der Waals surface area (Å²) in [5, 5.41) is 10.2. The third kappa shape index (κ3) is 4.39. The van der Waals surface area contributed by atoms with Crippen molar-refractivity contribution in [2.45, 2.75) is 47.0 Å². The van der Waals surface area contributed by atoms with Gasteiger partial charge in [-0.2, -0.15) is 15.4 Å². The molecule has 0 saturated heterocycles. The van der Waals surface area contributed by atoms with E-state index in [1.165, 1.54) is 0 Å². The van der Waals surface area contributed by atoms with Crippen molar-refractivity contribution in [3.05, 3.63) is 11.9 Å². The summed E-state index contributed by atoms with van der Waals surface area (Å²) in [6, 6.07) is 0. The number of hydrogen-bond donors (Lipinski definition) is 1. The lowest BCUT2D eigenvalue weighted by Crippen LogP contribution is -2.19. The van der Waals surface area contributed by atoms with Gasteiger partial charge in [-0.3, -0.25) is 9.98 Å². The lowest BCUT2D eigenvalue weighted by molar-refractivity contribution is 0.566. The zero-order chi connectivity index (χ0) is 13.8. The molecular weight excluding hydrogens is 226 g/mol. The Morgan fingerprint density at radius 1 is 1.06 bits per heavy atom. The zero-order valence-corrected chi connectivity index (χ0v) is 12.2. The first-order valence-electron chi connectivity index (χ1n) is 6.12. The van der Waals surface area contributed by atoms with Gasteiger partial charge in [0, 0.05) is 17.0 Å². The molecule has 5 heteroatoms. The van der Waals surface area contributed by atoms with Gasteiger partial charge in [0.25, 0.3) is 0 Å². The molecular formula is C13H23N5. The average Bonchev–Trinajstić information content (AvgIpc) is 2.91. The Labute approximate surface area is 109 Å². The summed E-state index contributed by atoms with van der Waals surface area (Å²) in [5.41, 5.74) is 2.41. The molecule has 1 aliphatic rings. The molecule has 18 heavy (non-hydrogen) atoms. The molecule has 0 spiro atoms. The second-order valence-electron chi connectivity index (χ2n) is 6.35. The van der Waals surface area contributed by atoms with Gasteiger partial charge in [-0.25, -0.2) is 0 Å².